The number of rotatable bonds is 6. The molecule has 0 saturated carbocycles. The number of carbonyl (C=O) groups excluding carboxylic acids is 1. The summed E-state index contributed by atoms with van der Waals surface area (Å²) >= 11 is 6.83. The fraction of sp³-hybridized carbons (Fsp3) is 0.190. The highest BCUT2D eigenvalue weighted by Gasteiger charge is 2.12. The number of nitrogens with zero attached hydrogens (tertiary/aromatic N) is 2. The maximum absolute atomic E-state index is 12.8. The second-order valence-electron chi connectivity index (χ2n) is 6.42. The van der Waals surface area contributed by atoms with Gasteiger partial charge in [0.25, 0.3) is 5.56 Å². The predicted octanol–water partition coefficient (Wildman–Crippen LogP) is 4.48. The summed E-state index contributed by atoms with van der Waals surface area (Å²) in [4.78, 5) is 25.2. The van der Waals surface area contributed by atoms with Gasteiger partial charge in [0, 0.05) is 27.4 Å². The monoisotopic (exact) mass is 488 g/mol. The van der Waals surface area contributed by atoms with Crippen LogP contribution in [0.3, 0.4) is 0 Å². The van der Waals surface area contributed by atoms with Gasteiger partial charge < -0.3 is 0 Å². The number of ketones is 1. The molecule has 1 aromatic heterocycles. The van der Waals surface area contributed by atoms with Crippen molar-refractivity contribution in [2.24, 2.45) is 0 Å². The summed E-state index contributed by atoms with van der Waals surface area (Å²) < 4.78 is 3.22. The average Bonchev–Trinajstić information content (AvgIpc) is 2.61. The number of aromatic nitrogens is 2. The molecule has 0 aliphatic carbocycles. The Morgan fingerprint density at radius 3 is 2.44 bits per heavy atom. The molecule has 0 spiro atoms. The third-order valence-electron chi connectivity index (χ3n) is 4.09. The van der Waals surface area contributed by atoms with Crippen molar-refractivity contribution in [3.63, 3.8) is 0 Å². The molecule has 4 nitrogen and oxygen atoms in total. The SMILES string of the molecule is Cc1cc(Cc2cccc(Br)c2)c(=O)n(CC(=O)Cc2ccc(Br)cc2)n1. The van der Waals surface area contributed by atoms with Crippen LogP contribution < -0.4 is 5.56 Å². The van der Waals surface area contributed by atoms with Crippen LogP contribution in [-0.2, 0) is 24.2 Å². The molecule has 3 aromatic rings. The van der Waals surface area contributed by atoms with Crippen LogP contribution in [0, 0.1) is 6.92 Å². The number of aryl methyl sites for hydroxylation is 1. The van der Waals surface area contributed by atoms with E-state index in [4.69, 9.17) is 0 Å². The lowest BCUT2D eigenvalue weighted by Gasteiger charge is -2.09. The maximum atomic E-state index is 12.8. The summed E-state index contributed by atoms with van der Waals surface area (Å²) in [5.74, 6) is -0.0501. The third-order valence-corrected chi connectivity index (χ3v) is 5.12. The molecule has 3 rings (SSSR count). The molecule has 0 amide bonds. The van der Waals surface area contributed by atoms with Crippen LogP contribution in [0.15, 0.2) is 68.3 Å². The van der Waals surface area contributed by atoms with Crippen molar-refractivity contribution < 1.29 is 4.79 Å². The van der Waals surface area contributed by atoms with Crippen LogP contribution in [0.25, 0.3) is 0 Å². The fourth-order valence-corrected chi connectivity index (χ4v) is 3.61. The molecule has 0 N–H and O–H groups in total. The van der Waals surface area contributed by atoms with Gasteiger partial charge in [-0.05, 0) is 48.4 Å². The van der Waals surface area contributed by atoms with Gasteiger partial charge in [0.05, 0.1) is 5.69 Å². The number of Topliss-reactive ketones (excluding diaryl/α,β-unsaturated/α-hetero) is 1. The normalized spacial score (nSPS) is 10.8. The first-order valence-corrected chi connectivity index (χ1v) is 10.1. The number of hydrogen-bond donors (Lipinski definition) is 0. The van der Waals surface area contributed by atoms with Crippen LogP contribution >= 0.6 is 31.9 Å². The minimum Gasteiger partial charge on any atom is -0.297 e. The zero-order chi connectivity index (χ0) is 19.4. The standard InChI is InChI=1S/C21H18Br2N2O2/c1-14-9-17(10-16-3-2-4-19(23)11-16)21(27)25(24-14)13-20(26)12-15-5-7-18(22)8-6-15/h2-9,11H,10,12-13H2,1H3. The van der Waals surface area contributed by atoms with Gasteiger partial charge in [-0.2, -0.15) is 5.10 Å². The van der Waals surface area contributed by atoms with Gasteiger partial charge in [-0.3, -0.25) is 9.59 Å². The Morgan fingerprint density at radius 2 is 1.74 bits per heavy atom. The van der Waals surface area contributed by atoms with E-state index in [0.29, 0.717) is 12.0 Å². The smallest absolute Gasteiger partial charge is 0.270 e. The maximum Gasteiger partial charge on any atom is 0.270 e. The Morgan fingerprint density at radius 1 is 1.00 bits per heavy atom. The molecule has 27 heavy (non-hydrogen) atoms. The van der Waals surface area contributed by atoms with E-state index in [1.165, 1.54) is 4.68 Å². The first-order valence-electron chi connectivity index (χ1n) is 8.49. The van der Waals surface area contributed by atoms with Crippen molar-refractivity contribution in [2.45, 2.75) is 26.3 Å². The van der Waals surface area contributed by atoms with E-state index in [1.807, 2.05) is 55.5 Å². The van der Waals surface area contributed by atoms with Crippen LogP contribution in [0.4, 0.5) is 0 Å². The Labute approximate surface area is 174 Å². The molecule has 0 radical (unpaired) electrons. The lowest BCUT2D eigenvalue weighted by molar-refractivity contribution is -0.119. The average molecular weight is 490 g/mol. The Hall–Kier alpha value is -2.05. The minimum atomic E-state index is -0.218. The topological polar surface area (TPSA) is 52.0 Å². The summed E-state index contributed by atoms with van der Waals surface area (Å²) in [7, 11) is 0. The van der Waals surface area contributed by atoms with Crippen molar-refractivity contribution in [1.82, 2.24) is 9.78 Å². The van der Waals surface area contributed by atoms with Gasteiger partial charge in [-0.15, -0.1) is 0 Å². The van der Waals surface area contributed by atoms with E-state index in [0.717, 1.165) is 25.8 Å². The lowest BCUT2D eigenvalue weighted by atomic mass is 10.1. The van der Waals surface area contributed by atoms with E-state index in [9.17, 15) is 9.59 Å². The van der Waals surface area contributed by atoms with E-state index < -0.39 is 0 Å². The van der Waals surface area contributed by atoms with Crippen LogP contribution in [0.5, 0.6) is 0 Å². The molecule has 2 aromatic carbocycles. The van der Waals surface area contributed by atoms with Gasteiger partial charge in [0.15, 0.2) is 5.78 Å². The highest BCUT2D eigenvalue weighted by molar-refractivity contribution is 9.10. The predicted molar refractivity (Wildman–Crippen MR) is 113 cm³/mol. The largest absolute Gasteiger partial charge is 0.297 e. The summed E-state index contributed by atoms with van der Waals surface area (Å²) in [5, 5.41) is 4.25. The Kier molecular flexibility index (Phi) is 6.39. The molecule has 0 bridgehead atoms. The molecule has 0 atom stereocenters. The van der Waals surface area contributed by atoms with Gasteiger partial charge in [0.2, 0.25) is 0 Å². The molecule has 0 saturated heterocycles. The van der Waals surface area contributed by atoms with Gasteiger partial charge >= 0.3 is 0 Å². The van der Waals surface area contributed by atoms with Gasteiger partial charge in [-0.1, -0.05) is 56.1 Å². The first-order chi connectivity index (χ1) is 12.9. The second-order valence-corrected chi connectivity index (χ2v) is 8.25. The molecule has 0 aliphatic heterocycles. The van der Waals surface area contributed by atoms with E-state index >= 15 is 0 Å². The molecule has 138 valence electrons. The zero-order valence-corrected chi connectivity index (χ0v) is 18.0. The van der Waals surface area contributed by atoms with Gasteiger partial charge in [-0.25, -0.2) is 4.68 Å². The Bertz CT molecular complexity index is 1030. The molecular weight excluding hydrogens is 472 g/mol. The van der Waals surface area contributed by atoms with Gasteiger partial charge in [0.1, 0.15) is 6.54 Å². The number of benzene rings is 2. The molecule has 0 fully saturated rings. The molecule has 0 unspecified atom stereocenters. The number of halogens is 2. The van der Waals surface area contributed by atoms with Crippen molar-refractivity contribution in [2.75, 3.05) is 0 Å². The van der Waals surface area contributed by atoms with Crippen LogP contribution in [0.2, 0.25) is 0 Å². The summed E-state index contributed by atoms with van der Waals surface area (Å²) in [6.07, 6.45) is 0.777. The summed E-state index contributed by atoms with van der Waals surface area (Å²) in [5.41, 5.74) is 3.08. The summed E-state index contributed by atoms with van der Waals surface area (Å²) in [6.45, 7) is 1.81. The van der Waals surface area contributed by atoms with E-state index in [-0.39, 0.29) is 24.3 Å². The van der Waals surface area contributed by atoms with Crippen LogP contribution in [-0.4, -0.2) is 15.6 Å². The lowest BCUT2D eigenvalue weighted by Crippen LogP contribution is -2.30. The molecule has 6 heteroatoms. The molecule has 1 heterocycles. The van der Waals surface area contributed by atoms with Crippen molar-refractivity contribution >= 4 is 37.6 Å². The summed E-state index contributed by atoms with van der Waals surface area (Å²) in [6, 6.07) is 17.2. The quantitative estimate of drug-likeness (QED) is 0.513. The van der Waals surface area contributed by atoms with E-state index in [2.05, 4.69) is 37.0 Å². The highest BCUT2D eigenvalue weighted by atomic mass is 79.9. The van der Waals surface area contributed by atoms with Crippen molar-refractivity contribution in [1.29, 1.82) is 0 Å². The minimum absolute atomic E-state index is 0.0257. The highest BCUT2D eigenvalue weighted by Crippen LogP contribution is 2.14. The van der Waals surface area contributed by atoms with E-state index in [1.54, 1.807) is 6.07 Å². The number of hydrogen-bond acceptors (Lipinski definition) is 3. The van der Waals surface area contributed by atoms with Crippen molar-refractivity contribution in [3.05, 3.63) is 96.3 Å². The molecule has 0 aliphatic rings. The zero-order valence-electron chi connectivity index (χ0n) is 14.8. The fourth-order valence-electron chi connectivity index (χ4n) is 2.90. The van der Waals surface area contributed by atoms with Crippen LogP contribution in [0.1, 0.15) is 22.4 Å². The third kappa shape index (κ3) is 5.47. The molecular formula is C21H18Br2N2O2. The van der Waals surface area contributed by atoms with Crippen molar-refractivity contribution in [3.8, 4) is 0 Å². The Balaban J connectivity index is 1.79. The first kappa shape index (κ1) is 19.7. The second kappa shape index (κ2) is 8.76. The number of carbonyl (C=O) groups is 1.